The average Bonchev–Trinajstić information content (AvgIpc) is 2.81. The molecule has 20 heavy (non-hydrogen) atoms. The van der Waals surface area contributed by atoms with Gasteiger partial charge in [0, 0.05) is 19.3 Å². The van der Waals surface area contributed by atoms with E-state index >= 15 is 0 Å². The fourth-order valence-corrected chi connectivity index (χ4v) is 2.94. The van der Waals surface area contributed by atoms with Gasteiger partial charge in [0.1, 0.15) is 0 Å². The lowest BCUT2D eigenvalue weighted by molar-refractivity contribution is 0.553. The second kappa shape index (κ2) is 6.39. The molecule has 1 aromatic heterocycles. The molecule has 0 unspecified atom stereocenters. The van der Waals surface area contributed by atoms with Gasteiger partial charge in [-0.3, -0.25) is 4.68 Å². The molecule has 2 aromatic rings. The number of sulfonamides is 1. The van der Waals surface area contributed by atoms with E-state index in [1.807, 2.05) is 6.92 Å². The number of benzene rings is 1. The number of hydrogen-bond acceptors (Lipinski definition) is 3. The summed E-state index contributed by atoms with van der Waals surface area (Å²) in [6.45, 7) is 2.88. The molecule has 0 radical (unpaired) electrons. The van der Waals surface area contributed by atoms with E-state index in [1.54, 1.807) is 41.3 Å². The van der Waals surface area contributed by atoms with Crippen molar-refractivity contribution < 1.29 is 8.42 Å². The second-order valence-corrected chi connectivity index (χ2v) is 6.69. The fourth-order valence-electron chi connectivity index (χ4n) is 1.71. The van der Waals surface area contributed by atoms with Gasteiger partial charge >= 0.3 is 0 Å². The van der Waals surface area contributed by atoms with Crippen LogP contribution < -0.4 is 4.72 Å². The molecule has 0 aliphatic heterocycles. The van der Waals surface area contributed by atoms with Crippen LogP contribution in [0.3, 0.4) is 0 Å². The summed E-state index contributed by atoms with van der Waals surface area (Å²) in [5.74, 6) is 0. The Balaban J connectivity index is 1.85. The van der Waals surface area contributed by atoms with Gasteiger partial charge in [-0.2, -0.15) is 5.10 Å². The standard InChI is InChI=1S/C13H16ClN3O2S/c1-11-3-5-13(6-4-11)20(18,19)16-7-2-8-17-10-12(14)9-15-17/h3-6,9-10,16H,2,7-8H2,1H3. The van der Waals surface area contributed by atoms with Gasteiger partial charge < -0.3 is 0 Å². The number of nitrogens with zero attached hydrogens (tertiary/aromatic N) is 2. The number of rotatable bonds is 6. The van der Waals surface area contributed by atoms with Crippen molar-refractivity contribution in [3.63, 3.8) is 0 Å². The van der Waals surface area contributed by atoms with Crippen molar-refractivity contribution in [2.75, 3.05) is 6.54 Å². The maximum absolute atomic E-state index is 12.0. The zero-order valence-corrected chi connectivity index (χ0v) is 12.7. The molecule has 1 N–H and O–H groups in total. The minimum atomic E-state index is -3.43. The number of hydrogen-bond donors (Lipinski definition) is 1. The van der Waals surface area contributed by atoms with Gasteiger partial charge in [0.2, 0.25) is 10.0 Å². The Bertz CT molecular complexity index is 665. The highest BCUT2D eigenvalue weighted by atomic mass is 35.5. The molecule has 7 heteroatoms. The molecule has 2 rings (SSSR count). The molecule has 0 aliphatic rings. The first-order valence-corrected chi connectivity index (χ1v) is 8.08. The molecule has 0 atom stereocenters. The zero-order chi connectivity index (χ0) is 14.6. The summed E-state index contributed by atoms with van der Waals surface area (Å²) in [6, 6.07) is 6.76. The summed E-state index contributed by atoms with van der Waals surface area (Å²) in [5.41, 5.74) is 1.03. The van der Waals surface area contributed by atoms with Crippen LogP contribution in [-0.2, 0) is 16.6 Å². The van der Waals surface area contributed by atoms with E-state index in [9.17, 15) is 8.42 Å². The zero-order valence-electron chi connectivity index (χ0n) is 11.1. The van der Waals surface area contributed by atoms with E-state index in [4.69, 9.17) is 11.6 Å². The summed E-state index contributed by atoms with van der Waals surface area (Å²) in [4.78, 5) is 0.283. The molecule has 0 bridgehead atoms. The van der Waals surface area contributed by atoms with Gasteiger partial charge in [0.05, 0.1) is 16.1 Å². The predicted octanol–water partition coefficient (Wildman–Crippen LogP) is 2.21. The van der Waals surface area contributed by atoms with Crippen LogP contribution in [0.1, 0.15) is 12.0 Å². The molecule has 0 saturated carbocycles. The van der Waals surface area contributed by atoms with E-state index in [-0.39, 0.29) is 4.90 Å². The maximum Gasteiger partial charge on any atom is 0.240 e. The molecule has 108 valence electrons. The van der Waals surface area contributed by atoms with Gasteiger partial charge in [-0.15, -0.1) is 0 Å². The van der Waals surface area contributed by atoms with Crippen molar-refractivity contribution in [2.24, 2.45) is 0 Å². The lowest BCUT2D eigenvalue weighted by Gasteiger charge is -2.07. The minimum Gasteiger partial charge on any atom is -0.271 e. The second-order valence-electron chi connectivity index (χ2n) is 4.49. The Kier molecular flexibility index (Phi) is 4.80. The fraction of sp³-hybridized carbons (Fsp3) is 0.308. The molecule has 1 heterocycles. The molecular weight excluding hydrogens is 298 g/mol. The molecule has 0 amide bonds. The van der Waals surface area contributed by atoms with Gasteiger partial charge in [0.25, 0.3) is 0 Å². The predicted molar refractivity (Wildman–Crippen MR) is 78.2 cm³/mol. The van der Waals surface area contributed by atoms with Gasteiger partial charge in [0.15, 0.2) is 0 Å². The topological polar surface area (TPSA) is 64.0 Å². The molecule has 1 aromatic carbocycles. The first-order valence-electron chi connectivity index (χ1n) is 6.22. The van der Waals surface area contributed by atoms with Crippen molar-refractivity contribution in [3.8, 4) is 0 Å². The monoisotopic (exact) mass is 313 g/mol. The number of aromatic nitrogens is 2. The third-order valence-electron chi connectivity index (χ3n) is 2.79. The van der Waals surface area contributed by atoms with E-state index < -0.39 is 10.0 Å². The Labute approximate surface area is 123 Å². The lowest BCUT2D eigenvalue weighted by atomic mass is 10.2. The molecule has 0 saturated heterocycles. The SMILES string of the molecule is Cc1ccc(S(=O)(=O)NCCCn2cc(Cl)cn2)cc1. The number of nitrogens with one attached hydrogen (secondary N) is 1. The van der Waals surface area contributed by atoms with Crippen LogP contribution >= 0.6 is 11.6 Å². The van der Waals surface area contributed by atoms with E-state index in [0.29, 0.717) is 24.5 Å². The summed E-state index contributed by atoms with van der Waals surface area (Å²) in [6.07, 6.45) is 3.90. The van der Waals surface area contributed by atoms with Crippen molar-refractivity contribution in [1.82, 2.24) is 14.5 Å². The van der Waals surface area contributed by atoms with Crippen LogP contribution in [0.15, 0.2) is 41.6 Å². The van der Waals surface area contributed by atoms with Crippen LogP contribution in [0.2, 0.25) is 5.02 Å². The Hall–Kier alpha value is -1.37. The summed E-state index contributed by atoms with van der Waals surface area (Å²) in [5, 5.41) is 4.60. The molecule has 0 aliphatic carbocycles. The van der Waals surface area contributed by atoms with Crippen LogP contribution in [0.5, 0.6) is 0 Å². The third-order valence-corrected chi connectivity index (χ3v) is 4.46. The molecule has 0 spiro atoms. The van der Waals surface area contributed by atoms with Gasteiger partial charge in [-0.1, -0.05) is 29.3 Å². The summed E-state index contributed by atoms with van der Waals surface area (Å²) in [7, 11) is -3.43. The lowest BCUT2D eigenvalue weighted by Crippen LogP contribution is -2.25. The normalized spacial score (nSPS) is 11.7. The van der Waals surface area contributed by atoms with Crippen LogP contribution in [-0.4, -0.2) is 24.7 Å². The van der Waals surface area contributed by atoms with Crippen molar-refractivity contribution in [2.45, 2.75) is 24.8 Å². The number of halogens is 1. The van der Waals surface area contributed by atoms with E-state index in [2.05, 4.69) is 9.82 Å². The van der Waals surface area contributed by atoms with Crippen LogP contribution in [0.4, 0.5) is 0 Å². The molecule has 0 fully saturated rings. The largest absolute Gasteiger partial charge is 0.271 e. The van der Waals surface area contributed by atoms with E-state index in [0.717, 1.165) is 5.56 Å². The molecule has 5 nitrogen and oxygen atoms in total. The highest BCUT2D eigenvalue weighted by molar-refractivity contribution is 7.89. The smallest absolute Gasteiger partial charge is 0.240 e. The van der Waals surface area contributed by atoms with Crippen LogP contribution in [0, 0.1) is 6.92 Å². The van der Waals surface area contributed by atoms with Crippen molar-refractivity contribution in [1.29, 1.82) is 0 Å². The first kappa shape index (κ1) is 15.0. The number of aryl methyl sites for hydroxylation is 2. The summed E-state index contributed by atoms with van der Waals surface area (Å²) >= 11 is 5.74. The Morgan fingerprint density at radius 1 is 1.30 bits per heavy atom. The quantitative estimate of drug-likeness (QED) is 0.832. The van der Waals surface area contributed by atoms with Crippen molar-refractivity contribution in [3.05, 3.63) is 47.2 Å². The first-order chi connectivity index (χ1) is 9.47. The van der Waals surface area contributed by atoms with Gasteiger partial charge in [-0.25, -0.2) is 13.1 Å². The summed E-state index contributed by atoms with van der Waals surface area (Å²) < 4.78 is 28.3. The Morgan fingerprint density at radius 2 is 2.00 bits per heavy atom. The van der Waals surface area contributed by atoms with Gasteiger partial charge in [-0.05, 0) is 25.5 Å². The van der Waals surface area contributed by atoms with Crippen LogP contribution in [0.25, 0.3) is 0 Å². The van der Waals surface area contributed by atoms with E-state index in [1.165, 1.54) is 0 Å². The Morgan fingerprint density at radius 3 is 2.60 bits per heavy atom. The molecular formula is C13H16ClN3O2S. The average molecular weight is 314 g/mol. The maximum atomic E-state index is 12.0. The third kappa shape index (κ3) is 4.06. The highest BCUT2D eigenvalue weighted by Crippen LogP contribution is 2.10. The van der Waals surface area contributed by atoms with Crippen molar-refractivity contribution >= 4 is 21.6 Å². The highest BCUT2D eigenvalue weighted by Gasteiger charge is 2.12. The minimum absolute atomic E-state index is 0.283.